The lowest BCUT2D eigenvalue weighted by molar-refractivity contribution is 0.137. The Morgan fingerprint density at radius 3 is 2.93 bits per heavy atom. The van der Waals surface area contributed by atoms with Gasteiger partial charge in [-0.05, 0) is 32.5 Å². The topological polar surface area (TPSA) is 34.1 Å². The number of nitrogens with zero attached hydrogens (tertiary/aromatic N) is 1. The SMILES string of the molecule is CCOCCC(Cc1ccccn1)NC. The number of pyridine rings is 1. The van der Waals surface area contributed by atoms with Crippen LogP contribution >= 0.6 is 0 Å². The van der Waals surface area contributed by atoms with Crippen molar-refractivity contribution in [2.45, 2.75) is 25.8 Å². The van der Waals surface area contributed by atoms with Gasteiger partial charge in [-0.2, -0.15) is 0 Å². The van der Waals surface area contributed by atoms with E-state index in [1.165, 1.54) is 0 Å². The molecule has 1 rings (SSSR count). The number of rotatable bonds is 7. The molecule has 1 unspecified atom stereocenters. The maximum Gasteiger partial charge on any atom is 0.0480 e. The Labute approximate surface area is 91.9 Å². The highest BCUT2D eigenvalue weighted by Gasteiger charge is 2.07. The molecule has 1 N–H and O–H groups in total. The molecule has 0 amide bonds. The first kappa shape index (κ1) is 12.1. The molecular weight excluding hydrogens is 188 g/mol. The average Bonchev–Trinajstić information content (AvgIpc) is 2.29. The first-order valence-electron chi connectivity index (χ1n) is 5.51. The van der Waals surface area contributed by atoms with Crippen LogP contribution in [0.5, 0.6) is 0 Å². The van der Waals surface area contributed by atoms with Gasteiger partial charge in [-0.25, -0.2) is 0 Å². The van der Waals surface area contributed by atoms with Crippen molar-refractivity contribution in [1.29, 1.82) is 0 Å². The van der Waals surface area contributed by atoms with E-state index in [-0.39, 0.29) is 0 Å². The van der Waals surface area contributed by atoms with Crippen molar-refractivity contribution in [2.24, 2.45) is 0 Å². The normalized spacial score (nSPS) is 12.7. The fourth-order valence-electron chi connectivity index (χ4n) is 1.49. The van der Waals surface area contributed by atoms with Gasteiger partial charge in [-0.1, -0.05) is 6.07 Å². The quantitative estimate of drug-likeness (QED) is 0.692. The molecule has 0 aliphatic carbocycles. The molecule has 3 heteroatoms. The van der Waals surface area contributed by atoms with Gasteiger partial charge in [0.25, 0.3) is 0 Å². The number of likely N-dealkylation sites (N-methyl/N-ethyl adjacent to an activating group) is 1. The lowest BCUT2D eigenvalue weighted by atomic mass is 10.1. The fourth-order valence-corrected chi connectivity index (χ4v) is 1.49. The van der Waals surface area contributed by atoms with Crippen LogP contribution in [-0.2, 0) is 11.2 Å². The zero-order valence-electron chi connectivity index (χ0n) is 9.57. The van der Waals surface area contributed by atoms with Crippen LogP contribution in [0, 0.1) is 0 Å². The summed E-state index contributed by atoms with van der Waals surface area (Å²) in [6.07, 6.45) is 3.83. The molecule has 0 aliphatic rings. The lowest BCUT2D eigenvalue weighted by Crippen LogP contribution is -2.29. The van der Waals surface area contributed by atoms with E-state index >= 15 is 0 Å². The highest BCUT2D eigenvalue weighted by Crippen LogP contribution is 2.02. The second-order valence-corrected chi connectivity index (χ2v) is 3.50. The van der Waals surface area contributed by atoms with Crippen LogP contribution < -0.4 is 5.32 Å². The van der Waals surface area contributed by atoms with Crippen LogP contribution in [0.4, 0.5) is 0 Å². The molecule has 1 atom stereocenters. The van der Waals surface area contributed by atoms with Crippen molar-refractivity contribution in [3.63, 3.8) is 0 Å². The van der Waals surface area contributed by atoms with Gasteiger partial charge in [0.2, 0.25) is 0 Å². The molecule has 1 aromatic heterocycles. The number of nitrogens with one attached hydrogen (secondary N) is 1. The molecule has 0 saturated heterocycles. The van der Waals surface area contributed by atoms with Gasteiger partial charge in [0, 0.05) is 37.6 Å². The minimum Gasteiger partial charge on any atom is -0.382 e. The Hall–Kier alpha value is -0.930. The zero-order chi connectivity index (χ0) is 10.9. The van der Waals surface area contributed by atoms with E-state index in [4.69, 9.17) is 4.74 Å². The largest absolute Gasteiger partial charge is 0.382 e. The molecule has 3 nitrogen and oxygen atoms in total. The van der Waals surface area contributed by atoms with Crippen molar-refractivity contribution >= 4 is 0 Å². The number of hydrogen-bond acceptors (Lipinski definition) is 3. The highest BCUT2D eigenvalue weighted by molar-refractivity contribution is 5.05. The molecular formula is C12H20N2O. The summed E-state index contributed by atoms with van der Waals surface area (Å²) in [4.78, 5) is 4.31. The van der Waals surface area contributed by atoms with Crippen LogP contribution in [0.3, 0.4) is 0 Å². The van der Waals surface area contributed by atoms with Crippen LogP contribution in [0.2, 0.25) is 0 Å². The van der Waals surface area contributed by atoms with Gasteiger partial charge in [0.1, 0.15) is 0 Å². The van der Waals surface area contributed by atoms with Crippen LogP contribution in [-0.4, -0.2) is 31.3 Å². The molecule has 0 bridgehead atoms. The number of hydrogen-bond donors (Lipinski definition) is 1. The minimum absolute atomic E-state index is 0.450. The molecule has 1 heterocycles. The predicted octanol–water partition coefficient (Wildman–Crippen LogP) is 1.64. The third-order valence-electron chi connectivity index (χ3n) is 2.40. The third kappa shape index (κ3) is 4.91. The third-order valence-corrected chi connectivity index (χ3v) is 2.40. The summed E-state index contributed by atoms with van der Waals surface area (Å²) < 4.78 is 5.34. The molecule has 1 aromatic rings. The van der Waals surface area contributed by atoms with Gasteiger partial charge in [-0.3, -0.25) is 4.98 Å². The van der Waals surface area contributed by atoms with Crippen molar-refractivity contribution in [1.82, 2.24) is 10.3 Å². The van der Waals surface area contributed by atoms with Gasteiger partial charge in [0.05, 0.1) is 0 Å². The van der Waals surface area contributed by atoms with Crippen molar-refractivity contribution < 1.29 is 4.74 Å². The molecule has 0 spiro atoms. The molecule has 0 aliphatic heterocycles. The van der Waals surface area contributed by atoms with Crippen LogP contribution in [0.1, 0.15) is 19.0 Å². The number of aromatic nitrogens is 1. The minimum atomic E-state index is 0.450. The Balaban J connectivity index is 2.33. The maximum atomic E-state index is 5.34. The first-order chi connectivity index (χ1) is 7.36. The van der Waals surface area contributed by atoms with E-state index in [1.807, 2.05) is 32.3 Å². The second kappa shape index (κ2) is 7.37. The van der Waals surface area contributed by atoms with Crippen LogP contribution in [0.25, 0.3) is 0 Å². The summed E-state index contributed by atoms with van der Waals surface area (Å²) in [5.41, 5.74) is 1.13. The molecule has 84 valence electrons. The van der Waals surface area contributed by atoms with E-state index in [0.29, 0.717) is 6.04 Å². The monoisotopic (exact) mass is 208 g/mol. The average molecular weight is 208 g/mol. The Morgan fingerprint density at radius 1 is 1.47 bits per heavy atom. The smallest absolute Gasteiger partial charge is 0.0480 e. The Bertz CT molecular complexity index is 251. The molecule has 0 saturated carbocycles. The van der Waals surface area contributed by atoms with Gasteiger partial charge >= 0.3 is 0 Å². The first-order valence-corrected chi connectivity index (χ1v) is 5.51. The summed E-state index contributed by atoms with van der Waals surface area (Å²) >= 11 is 0. The summed E-state index contributed by atoms with van der Waals surface area (Å²) in [6.45, 7) is 3.63. The summed E-state index contributed by atoms with van der Waals surface area (Å²) in [5, 5.41) is 3.29. The zero-order valence-corrected chi connectivity index (χ0v) is 9.57. The molecule has 0 radical (unpaired) electrons. The predicted molar refractivity (Wildman–Crippen MR) is 61.9 cm³/mol. The van der Waals surface area contributed by atoms with Crippen molar-refractivity contribution in [3.8, 4) is 0 Å². The highest BCUT2D eigenvalue weighted by atomic mass is 16.5. The standard InChI is InChI=1S/C12H20N2O/c1-3-15-9-7-11(13-2)10-12-6-4-5-8-14-12/h4-6,8,11,13H,3,7,9-10H2,1-2H3. The lowest BCUT2D eigenvalue weighted by Gasteiger charge is -2.15. The molecule has 0 fully saturated rings. The second-order valence-electron chi connectivity index (χ2n) is 3.50. The van der Waals surface area contributed by atoms with E-state index in [1.54, 1.807) is 0 Å². The number of ether oxygens (including phenoxy) is 1. The van der Waals surface area contributed by atoms with E-state index in [9.17, 15) is 0 Å². The maximum absolute atomic E-state index is 5.34. The molecule has 15 heavy (non-hydrogen) atoms. The Kier molecular flexibility index (Phi) is 5.97. The van der Waals surface area contributed by atoms with Crippen LogP contribution in [0.15, 0.2) is 24.4 Å². The van der Waals surface area contributed by atoms with Gasteiger partial charge < -0.3 is 10.1 Å². The summed E-state index contributed by atoms with van der Waals surface area (Å²) in [5.74, 6) is 0. The van der Waals surface area contributed by atoms with Crippen molar-refractivity contribution in [2.75, 3.05) is 20.3 Å². The summed E-state index contributed by atoms with van der Waals surface area (Å²) in [6, 6.07) is 6.48. The van der Waals surface area contributed by atoms with Gasteiger partial charge in [-0.15, -0.1) is 0 Å². The Morgan fingerprint density at radius 2 is 2.33 bits per heavy atom. The van der Waals surface area contributed by atoms with Gasteiger partial charge in [0.15, 0.2) is 0 Å². The molecule has 0 aromatic carbocycles. The van der Waals surface area contributed by atoms with E-state index in [2.05, 4.69) is 16.4 Å². The van der Waals surface area contributed by atoms with Crippen molar-refractivity contribution in [3.05, 3.63) is 30.1 Å². The fraction of sp³-hybridized carbons (Fsp3) is 0.583. The van der Waals surface area contributed by atoms with E-state index in [0.717, 1.165) is 31.7 Å². The van der Waals surface area contributed by atoms with E-state index < -0.39 is 0 Å². The summed E-state index contributed by atoms with van der Waals surface area (Å²) in [7, 11) is 1.99.